The van der Waals surface area contributed by atoms with Gasteiger partial charge in [-0.25, -0.2) is 0 Å². The van der Waals surface area contributed by atoms with E-state index in [1.165, 1.54) is 36.6 Å². The number of hydrogen-bond acceptors (Lipinski definition) is 3. The monoisotopic (exact) mass is 335 g/mol. The van der Waals surface area contributed by atoms with Crippen molar-refractivity contribution in [2.45, 2.75) is 61.8 Å². The molecule has 1 unspecified atom stereocenters. The van der Waals surface area contributed by atoms with Crippen molar-refractivity contribution in [1.29, 1.82) is 0 Å². The van der Waals surface area contributed by atoms with E-state index >= 15 is 0 Å². The van der Waals surface area contributed by atoms with Crippen LogP contribution in [0.5, 0.6) is 0 Å². The van der Waals surface area contributed by atoms with E-state index < -0.39 is 0 Å². The molecule has 1 atom stereocenters. The van der Waals surface area contributed by atoms with Crippen LogP contribution in [0.2, 0.25) is 0 Å². The number of amides is 1. The van der Waals surface area contributed by atoms with Crippen molar-refractivity contribution in [2.75, 3.05) is 0 Å². The molecule has 1 amide bonds. The fraction of sp³-hybridized carbons (Fsp3) is 0.611. The first-order valence-corrected chi connectivity index (χ1v) is 9.77. The number of carbonyl (C=O) groups excluding carboxylic acids is 1. The van der Waals surface area contributed by atoms with Gasteiger partial charge in [0.25, 0.3) is 5.24 Å². The minimum atomic E-state index is -0.353. The molecule has 4 heteroatoms. The zero-order chi connectivity index (χ0) is 15.8. The third-order valence-corrected chi connectivity index (χ3v) is 8.35. The predicted octanol–water partition coefficient (Wildman–Crippen LogP) is 5.74. The van der Waals surface area contributed by atoms with Crippen LogP contribution in [0.1, 0.15) is 58.4 Å². The fourth-order valence-electron chi connectivity index (χ4n) is 3.54. The van der Waals surface area contributed by atoms with Crippen LogP contribution in [0.3, 0.4) is 0 Å². The molecule has 0 radical (unpaired) electrons. The molecular weight excluding hydrogens is 310 g/mol. The number of hydrogen-bond donors (Lipinski definition) is 1. The van der Waals surface area contributed by atoms with Crippen LogP contribution in [0, 0.1) is 5.41 Å². The summed E-state index contributed by atoms with van der Waals surface area (Å²) in [6, 6.07) is 10.5. The van der Waals surface area contributed by atoms with Gasteiger partial charge in [-0.15, -0.1) is 11.8 Å². The van der Waals surface area contributed by atoms with Crippen molar-refractivity contribution < 1.29 is 4.79 Å². The van der Waals surface area contributed by atoms with Gasteiger partial charge in [0.15, 0.2) is 0 Å². The highest BCUT2D eigenvalue weighted by Gasteiger charge is 2.55. The first-order chi connectivity index (χ1) is 10.4. The molecule has 1 saturated heterocycles. The molecule has 1 saturated carbocycles. The third-order valence-electron chi connectivity index (χ3n) is 4.75. The Morgan fingerprint density at radius 2 is 1.68 bits per heavy atom. The molecule has 1 aromatic rings. The molecule has 1 spiro atoms. The summed E-state index contributed by atoms with van der Waals surface area (Å²) in [4.78, 5) is 12.3. The van der Waals surface area contributed by atoms with Gasteiger partial charge in [-0.3, -0.25) is 4.79 Å². The summed E-state index contributed by atoms with van der Waals surface area (Å²) in [5.74, 6) is 0. The van der Waals surface area contributed by atoms with E-state index in [4.69, 9.17) is 0 Å². The van der Waals surface area contributed by atoms with Gasteiger partial charge in [-0.05, 0) is 35.6 Å². The number of nitrogens with one attached hydrogen (secondary N) is 1. The van der Waals surface area contributed by atoms with E-state index in [-0.39, 0.29) is 19.6 Å². The van der Waals surface area contributed by atoms with Gasteiger partial charge in [-0.1, -0.05) is 70.4 Å². The Bertz CT molecular complexity index is 546. The van der Waals surface area contributed by atoms with Crippen molar-refractivity contribution in [3.63, 3.8) is 0 Å². The van der Waals surface area contributed by atoms with E-state index in [1.54, 1.807) is 0 Å². The molecule has 2 nitrogen and oxygen atoms in total. The van der Waals surface area contributed by atoms with Gasteiger partial charge in [0, 0.05) is 0 Å². The number of benzene rings is 1. The topological polar surface area (TPSA) is 29.1 Å². The molecular formula is C18H25NOS2. The van der Waals surface area contributed by atoms with Crippen LogP contribution in [-0.2, 0) is 4.87 Å². The van der Waals surface area contributed by atoms with Crippen LogP contribution in [0.4, 0.5) is 4.79 Å². The minimum absolute atomic E-state index is 0.0453. The lowest BCUT2D eigenvalue weighted by molar-refractivity contribution is 0.218. The predicted molar refractivity (Wildman–Crippen MR) is 97.1 cm³/mol. The lowest BCUT2D eigenvalue weighted by atomic mass is 9.81. The summed E-state index contributed by atoms with van der Waals surface area (Å²) < 4.78 is 0.0453. The third kappa shape index (κ3) is 2.80. The summed E-state index contributed by atoms with van der Waals surface area (Å²) in [6.07, 6.45) is 6.06. The van der Waals surface area contributed by atoms with Crippen molar-refractivity contribution in [2.24, 2.45) is 5.41 Å². The van der Waals surface area contributed by atoms with Gasteiger partial charge in [-0.2, -0.15) is 0 Å². The maximum Gasteiger partial charge on any atom is 0.281 e. The Hall–Kier alpha value is -0.610. The summed E-state index contributed by atoms with van der Waals surface area (Å²) >= 11 is 3.53. The Morgan fingerprint density at radius 1 is 1.05 bits per heavy atom. The van der Waals surface area contributed by atoms with Gasteiger partial charge < -0.3 is 5.32 Å². The maximum atomic E-state index is 12.6. The van der Waals surface area contributed by atoms with Gasteiger partial charge in [0.05, 0.1) is 4.08 Å². The molecule has 0 aromatic heterocycles. The summed E-state index contributed by atoms with van der Waals surface area (Å²) in [6.45, 7) is 6.71. The van der Waals surface area contributed by atoms with Crippen LogP contribution in [-0.4, -0.2) is 9.32 Å². The Morgan fingerprint density at radius 3 is 2.27 bits per heavy atom. The van der Waals surface area contributed by atoms with E-state index in [0.29, 0.717) is 0 Å². The smallest absolute Gasteiger partial charge is 0.281 e. The Balaban J connectivity index is 2.07. The average Bonchev–Trinajstić information content (AvgIpc) is 2.47. The molecule has 2 fully saturated rings. The highest BCUT2D eigenvalue weighted by Crippen LogP contribution is 2.63. The molecule has 1 heterocycles. The van der Waals surface area contributed by atoms with Crippen LogP contribution < -0.4 is 5.32 Å². The summed E-state index contributed by atoms with van der Waals surface area (Å²) in [7, 11) is 0. The van der Waals surface area contributed by atoms with Crippen LogP contribution in [0.15, 0.2) is 30.3 Å². The highest BCUT2D eigenvalue weighted by atomic mass is 32.2. The Labute approximate surface area is 142 Å². The largest absolute Gasteiger partial charge is 0.328 e. The van der Waals surface area contributed by atoms with Crippen LogP contribution in [0.25, 0.3) is 0 Å². The first kappa shape index (κ1) is 16.3. The van der Waals surface area contributed by atoms with E-state index in [9.17, 15) is 4.79 Å². The minimum Gasteiger partial charge on any atom is -0.328 e. The van der Waals surface area contributed by atoms with Crippen molar-refractivity contribution >= 4 is 28.8 Å². The molecule has 1 aromatic carbocycles. The lowest BCUT2D eigenvalue weighted by Crippen LogP contribution is -2.57. The SMILES string of the molecule is CC(C)(C)C1(c2ccccc2)NC(=O)SC2(CCCCC2)S1. The molecule has 22 heavy (non-hydrogen) atoms. The van der Waals surface area contributed by atoms with Gasteiger partial charge in [0.2, 0.25) is 0 Å². The second kappa shape index (κ2) is 5.79. The second-order valence-corrected chi connectivity index (χ2v) is 10.6. The number of thioether (sulfide) groups is 2. The van der Waals surface area contributed by atoms with E-state index in [0.717, 1.165) is 12.8 Å². The molecule has 0 bridgehead atoms. The van der Waals surface area contributed by atoms with Crippen molar-refractivity contribution in [1.82, 2.24) is 5.32 Å². The average molecular weight is 336 g/mol. The molecule has 1 aliphatic heterocycles. The normalized spacial score (nSPS) is 28.4. The lowest BCUT2D eigenvalue weighted by Gasteiger charge is -2.54. The summed E-state index contributed by atoms with van der Waals surface area (Å²) in [5, 5.41) is 3.48. The number of rotatable bonds is 1. The molecule has 3 rings (SSSR count). The van der Waals surface area contributed by atoms with Crippen LogP contribution >= 0.6 is 23.5 Å². The van der Waals surface area contributed by atoms with Gasteiger partial charge in [0.1, 0.15) is 4.87 Å². The van der Waals surface area contributed by atoms with E-state index in [1.807, 2.05) is 17.8 Å². The van der Waals surface area contributed by atoms with Crippen molar-refractivity contribution in [3.8, 4) is 0 Å². The maximum absolute atomic E-state index is 12.6. The highest BCUT2D eigenvalue weighted by molar-refractivity contribution is 8.27. The number of carbonyl (C=O) groups is 1. The molecule has 2 aliphatic rings. The first-order valence-electron chi connectivity index (χ1n) is 8.14. The fourth-order valence-corrected chi connectivity index (χ4v) is 7.16. The molecule has 1 aliphatic carbocycles. The summed E-state index contributed by atoms with van der Waals surface area (Å²) in [5.41, 5.74) is 1.16. The Kier molecular flexibility index (Phi) is 4.28. The van der Waals surface area contributed by atoms with Crippen molar-refractivity contribution in [3.05, 3.63) is 35.9 Å². The molecule has 1 N–H and O–H groups in total. The zero-order valence-electron chi connectivity index (χ0n) is 13.6. The molecule has 120 valence electrons. The zero-order valence-corrected chi connectivity index (χ0v) is 15.3. The van der Waals surface area contributed by atoms with Gasteiger partial charge >= 0.3 is 0 Å². The quantitative estimate of drug-likeness (QED) is 0.710. The standard InChI is InChI=1S/C18H25NOS2/c1-16(2,3)18(14-10-6-4-7-11-14)19-15(20)21-17(22-18)12-8-5-9-13-17/h4,6-7,10-11H,5,8-9,12-13H2,1-3H3,(H,19,20). The van der Waals surface area contributed by atoms with E-state index in [2.05, 4.69) is 50.4 Å². The second-order valence-electron chi connectivity index (χ2n) is 7.39.